The van der Waals surface area contributed by atoms with E-state index in [1.807, 2.05) is 0 Å². The molecule has 0 aromatic heterocycles. The minimum atomic E-state index is -1.58. The van der Waals surface area contributed by atoms with Gasteiger partial charge in [0.15, 0.2) is 14.1 Å². The maximum Gasteiger partial charge on any atom is 0.184 e. The Morgan fingerprint density at radius 1 is 1.00 bits per heavy atom. The molecule has 3 atom stereocenters. The molecule has 6 heteroatoms. The van der Waals surface area contributed by atoms with Crippen molar-refractivity contribution in [2.75, 3.05) is 13.2 Å². The van der Waals surface area contributed by atoms with Crippen molar-refractivity contribution in [3.8, 4) is 0 Å². The van der Waals surface area contributed by atoms with E-state index in [-0.39, 0.29) is 23.0 Å². The lowest BCUT2D eigenvalue weighted by molar-refractivity contribution is -0.186. The molecule has 2 aliphatic heterocycles. The molecule has 0 radical (unpaired) electrons. The van der Waals surface area contributed by atoms with E-state index in [1.165, 1.54) is 6.42 Å². The summed E-state index contributed by atoms with van der Waals surface area (Å²) >= 11 is 0. The van der Waals surface area contributed by atoms with Crippen molar-refractivity contribution in [1.29, 1.82) is 0 Å². The molecule has 2 spiro atoms. The third-order valence-electron chi connectivity index (χ3n) is 6.26. The molecule has 4 rings (SSSR count). The topological polar surface area (TPSA) is 52.4 Å². The fourth-order valence-electron chi connectivity index (χ4n) is 5.32. The predicted molar refractivity (Wildman–Crippen MR) is 90.0 cm³/mol. The van der Waals surface area contributed by atoms with Gasteiger partial charge in [0.1, 0.15) is 6.04 Å². The molecule has 0 N–H and O–H groups in total. The average molecular weight is 339 g/mol. The Balaban J connectivity index is 1.49. The van der Waals surface area contributed by atoms with Crippen LogP contribution in [0.25, 0.3) is 0 Å². The van der Waals surface area contributed by atoms with Gasteiger partial charge in [0, 0.05) is 18.8 Å². The largest absolute Gasteiger partial charge is 0.410 e. The maximum atomic E-state index is 6.56. The van der Waals surface area contributed by atoms with Crippen LogP contribution in [0.15, 0.2) is 10.2 Å². The molecule has 2 saturated carbocycles. The summed E-state index contributed by atoms with van der Waals surface area (Å²) in [5.41, 5.74) is -0.0938. The van der Waals surface area contributed by atoms with Crippen molar-refractivity contribution in [3.05, 3.63) is 0 Å². The lowest BCUT2D eigenvalue weighted by atomic mass is 9.70. The standard InChI is InChI=1S/C17H30N2O3Si/c1-15(22-23(2,3)4)6-5-13-14(15)18-19-16(13)7-9-17(10-8-16)20-11-12-21-17/h13-14H,5-12H2,1-4H3/t13-,14-,15?/m1/s1. The van der Waals surface area contributed by atoms with Gasteiger partial charge in [0.05, 0.1) is 24.4 Å². The number of hydrogen-bond donors (Lipinski definition) is 0. The van der Waals surface area contributed by atoms with Crippen LogP contribution in [0.3, 0.4) is 0 Å². The number of rotatable bonds is 2. The first-order valence-corrected chi connectivity index (χ1v) is 12.6. The summed E-state index contributed by atoms with van der Waals surface area (Å²) in [6, 6.07) is 0.244. The van der Waals surface area contributed by atoms with E-state index in [1.54, 1.807) is 0 Å². The number of hydrogen-bond acceptors (Lipinski definition) is 5. The minimum Gasteiger partial charge on any atom is -0.410 e. The highest BCUT2D eigenvalue weighted by atomic mass is 28.4. The van der Waals surface area contributed by atoms with Gasteiger partial charge in [0.25, 0.3) is 0 Å². The predicted octanol–water partition coefficient (Wildman–Crippen LogP) is 3.90. The molecule has 23 heavy (non-hydrogen) atoms. The molecule has 0 aromatic carbocycles. The van der Waals surface area contributed by atoms with E-state index in [0.717, 1.165) is 45.3 Å². The zero-order chi connectivity index (χ0) is 16.3. The second-order valence-corrected chi connectivity index (χ2v) is 13.5. The van der Waals surface area contributed by atoms with Crippen LogP contribution in [0.4, 0.5) is 0 Å². The van der Waals surface area contributed by atoms with Gasteiger partial charge in [-0.2, -0.15) is 10.2 Å². The van der Waals surface area contributed by atoms with E-state index in [4.69, 9.17) is 24.1 Å². The highest BCUT2D eigenvalue weighted by Gasteiger charge is 2.61. The molecule has 0 amide bonds. The van der Waals surface area contributed by atoms with Crippen LogP contribution in [0.2, 0.25) is 19.6 Å². The van der Waals surface area contributed by atoms with Gasteiger partial charge >= 0.3 is 0 Å². The molecule has 130 valence electrons. The van der Waals surface area contributed by atoms with Crippen molar-refractivity contribution in [2.24, 2.45) is 16.1 Å². The summed E-state index contributed by atoms with van der Waals surface area (Å²) < 4.78 is 18.3. The fraction of sp³-hybridized carbons (Fsp3) is 1.00. The average Bonchev–Trinajstić information content (AvgIpc) is 3.12. The Hall–Kier alpha value is -0.303. The first-order chi connectivity index (χ1) is 10.8. The lowest BCUT2D eigenvalue weighted by Gasteiger charge is -2.42. The van der Waals surface area contributed by atoms with Crippen LogP contribution in [-0.2, 0) is 13.9 Å². The zero-order valence-corrected chi connectivity index (χ0v) is 15.9. The van der Waals surface area contributed by atoms with E-state index in [9.17, 15) is 0 Å². The van der Waals surface area contributed by atoms with Gasteiger partial charge in [-0.1, -0.05) is 0 Å². The Morgan fingerprint density at radius 2 is 1.65 bits per heavy atom. The Bertz CT molecular complexity index is 502. The van der Waals surface area contributed by atoms with Crippen molar-refractivity contribution in [3.63, 3.8) is 0 Å². The number of nitrogens with zero attached hydrogens (tertiary/aromatic N) is 2. The SMILES string of the molecule is CC1(O[Si](C)(C)C)CC[C@@H]2[C@H]1N=NC21CCC2(CC1)OCCO2. The number of fused-ring (bicyclic) bond motifs is 2. The minimum absolute atomic E-state index is 0.0196. The van der Waals surface area contributed by atoms with Gasteiger partial charge in [-0.25, -0.2) is 0 Å². The Morgan fingerprint density at radius 3 is 2.26 bits per heavy atom. The third-order valence-corrected chi connectivity index (χ3v) is 7.34. The van der Waals surface area contributed by atoms with E-state index in [2.05, 4.69) is 26.6 Å². The smallest absolute Gasteiger partial charge is 0.184 e. The number of ether oxygens (including phenoxy) is 2. The fourth-order valence-corrected chi connectivity index (χ4v) is 6.94. The lowest BCUT2D eigenvalue weighted by Crippen LogP contribution is -2.50. The van der Waals surface area contributed by atoms with Crippen LogP contribution in [0, 0.1) is 5.92 Å². The zero-order valence-electron chi connectivity index (χ0n) is 14.9. The summed E-state index contributed by atoms with van der Waals surface area (Å²) in [5, 5.41) is 9.61. The van der Waals surface area contributed by atoms with Gasteiger partial charge in [-0.05, 0) is 52.2 Å². The van der Waals surface area contributed by atoms with E-state index in [0.29, 0.717) is 5.92 Å². The molecule has 0 bridgehead atoms. The van der Waals surface area contributed by atoms with Crippen LogP contribution in [0.1, 0.15) is 45.4 Å². The Labute approximate surface area is 140 Å². The van der Waals surface area contributed by atoms with Crippen molar-refractivity contribution < 1.29 is 13.9 Å². The summed E-state index contributed by atoms with van der Waals surface area (Å²) in [7, 11) is -1.58. The molecule has 2 heterocycles. The van der Waals surface area contributed by atoms with Gasteiger partial charge in [-0.15, -0.1) is 0 Å². The van der Waals surface area contributed by atoms with Crippen LogP contribution >= 0.6 is 0 Å². The molecule has 0 aromatic rings. The molecular weight excluding hydrogens is 308 g/mol. The van der Waals surface area contributed by atoms with E-state index >= 15 is 0 Å². The summed E-state index contributed by atoms with van der Waals surface area (Å²) in [6.07, 6.45) is 6.31. The highest BCUT2D eigenvalue weighted by molar-refractivity contribution is 6.69. The van der Waals surface area contributed by atoms with E-state index < -0.39 is 8.32 Å². The van der Waals surface area contributed by atoms with Crippen molar-refractivity contribution in [1.82, 2.24) is 0 Å². The van der Waals surface area contributed by atoms with Crippen molar-refractivity contribution in [2.45, 2.75) is 88.1 Å². The molecule has 5 nitrogen and oxygen atoms in total. The molecule has 1 saturated heterocycles. The quantitative estimate of drug-likeness (QED) is 0.718. The van der Waals surface area contributed by atoms with Gasteiger partial charge in [-0.3, -0.25) is 0 Å². The maximum absolute atomic E-state index is 6.56. The van der Waals surface area contributed by atoms with Gasteiger partial charge < -0.3 is 13.9 Å². The molecule has 2 aliphatic carbocycles. The molecule has 4 aliphatic rings. The summed E-state index contributed by atoms with van der Waals surface area (Å²) in [6.45, 7) is 10.6. The molecular formula is C17H30N2O3Si. The summed E-state index contributed by atoms with van der Waals surface area (Å²) in [5.74, 6) is 0.234. The molecule has 1 unspecified atom stereocenters. The Kier molecular flexibility index (Phi) is 3.59. The summed E-state index contributed by atoms with van der Waals surface area (Å²) in [4.78, 5) is 0. The van der Waals surface area contributed by atoms with Gasteiger partial charge in [0.2, 0.25) is 0 Å². The number of azo groups is 1. The third kappa shape index (κ3) is 2.62. The first kappa shape index (κ1) is 16.2. The van der Waals surface area contributed by atoms with Crippen molar-refractivity contribution >= 4 is 8.32 Å². The molecule has 3 fully saturated rings. The van der Waals surface area contributed by atoms with Crippen LogP contribution < -0.4 is 0 Å². The normalized spacial score (nSPS) is 41.0. The second kappa shape index (κ2) is 5.10. The monoisotopic (exact) mass is 338 g/mol. The highest BCUT2D eigenvalue weighted by Crippen LogP contribution is 2.57. The second-order valence-electron chi connectivity index (χ2n) is 9.04. The van der Waals surface area contributed by atoms with Crippen LogP contribution in [0.5, 0.6) is 0 Å². The van der Waals surface area contributed by atoms with Crippen LogP contribution in [-0.4, -0.2) is 44.5 Å². The first-order valence-electron chi connectivity index (χ1n) is 9.16.